The zero-order valence-electron chi connectivity index (χ0n) is 16.0. The van der Waals surface area contributed by atoms with Crippen LogP contribution in [0.4, 0.5) is 17.2 Å². The Bertz CT molecular complexity index is 864. The van der Waals surface area contributed by atoms with E-state index in [0.717, 1.165) is 37.6 Å². The van der Waals surface area contributed by atoms with Crippen molar-refractivity contribution in [3.63, 3.8) is 0 Å². The van der Waals surface area contributed by atoms with E-state index >= 15 is 0 Å². The number of hydrogen-bond donors (Lipinski definition) is 2. The van der Waals surface area contributed by atoms with Crippen molar-refractivity contribution in [2.24, 2.45) is 0 Å². The molecule has 0 unspecified atom stereocenters. The number of piperazine rings is 1. The number of nitrogens with one attached hydrogen (secondary N) is 2. The molecule has 1 aromatic heterocycles. The molecule has 9 heteroatoms. The van der Waals surface area contributed by atoms with Gasteiger partial charge in [0.25, 0.3) is 11.6 Å². The lowest BCUT2D eigenvalue weighted by Crippen LogP contribution is -2.44. The zero-order chi connectivity index (χ0) is 20.1. The van der Waals surface area contributed by atoms with Crippen molar-refractivity contribution in [1.29, 1.82) is 0 Å². The number of pyridine rings is 1. The van der Waals surface area contributed by atoms with Crippen LogP contribution in [0.3, 0.4) is 0 Å². The third kappa shape index (κ3) is 4.55. The Balaban J connectivity index is 1.69. The van der Waals surface area contributed by atoms with Crippen molar-refractivity contribution in [1.82, 2.24) is 15.2 Å². The Morgan fingerprint density at radius 2 is 1.96 bits per heavy atom. The largest absolute Gasteiger partial charge is 0.387 e. The number of hydrogen-bond acceptors (Lipinski definition) is 7. The zero-order valence-corrected chi connectivity index (χ0v) is 16.0. The SMILES string of the molecule is CNc1ccc([N+](=O)[O-])cc1C(=O)NCc1ccnc(N2CCN(C)CC2)c1. The summed E-state index contributed by atoms with van der Waals surface area (Å²) in [6.07, 6.45) is 1.74. The van der Waals surface area contributed by atoms with Crippen LogP contribution < -0.4 is 15.5 Å². The summed E-state index contributed by atoms with van der Waals surface area (Å²) >= 11 is 0. The van der Waals surface area contributed by atoms with E-state index < -0.39 is 4.92 Å². The Labute approximate surface area is 163 Å². The average Bonchev–Trinajstić information content (AvgIpc) is 2.72. The van der Waals surface area contributed by atoms with Crippen LogP contribution >= 0.6 is 0 Å². The molecule has 3 rings (SSSR count). The molecule has 9 nitrogen and oxygen atoms in total. The lowest BCUT2D eigenvalue weighted by Gasteiger charge is -2.33. The molecule has 1 amide bonds. The molecule has 1 aliphatic rings. The van der Waals surface area contributed by atoms with Gasteiger partial charge in [0.1, 0.15) is 5.82 Å². The van der Waals surface area contributed by atoms with Gasteiger partial charge in [-0.25, -0.2) is 4.98 Å². The molecule has 2 aromatic rings. The van der Waals surface area contributed by atoms with Gasteiger partial charge < -0.3 is 20.4 Å². The number of amides is 1. The van der Waals surface area contributed by atoms with Crippen molar-refractivity contribution < 1.29 is 9.72 Å². The van der Waals surface area contributed by atoms with Gasteiger partial charge in [0.2, 0.25) is 0 Å². The first-order chi connectivity index (χ1) is 13.5. The minimum atomic E-state index is -0.512. The van der Waals surface area contributed by atoms with Gasteiger partial charge in [-0.1, -0.05) is 0 Å². The second kappa shape index (κ2) is 8.66. The Morgan fingerprint density at radius 1 is 1.21 bits per heavy atom. The molecule has 2 N–H and O–H groups in total. The number of nitro groups is 1. The third-order valence-electron chi connectivity index (χ3n) is 4.82. The van der Waals surface area contributed by atoms with E-state index in [1.807, 2.05) is 12.1 Å². The van der Waals surface area contributed by atoms with E-state index in [1.165, 1.54) is 18.2 Å². The minimum Gasteiger partial charge on any atom is -0.387 e. The fraction of sp³-hybridized carbons (Fsp3) is 0.368. The van der Waals surface area contributed by atoms with Gasteiger partial charge in [-0.2, -0.15) is 0 Å². The van der Waals surface area contributed by atoms with Gasteiger partial charge in [0.15, 0.2) is 0 Å². The van der Waals surface area contributed by atoms with Crippen LogP contribution in [-0.2, 0) is 6.54 Å². The number of rotatable bonds is 6. The number of non-ortho nitro benzene ring substituents is 1. The first kappa shape index (κ1) is 19.6. The molecule has 0 spiro atoms. The smallest absolute Gasteiger partial charge is 0.270 e. The first-order valence-corrected chi connectivity index (χ1v) is 9.10. The summed E-state index contributed by atoms with van der Waals surface area (Å²) in [6.45, 7) is 4.12. The van der Waals surface area contributed by atoms with Crippen LogP contribution in [0.2, 0.25) is 0 Å². The second-order valence-corrected chi connectivity index (χ2v) is 6.73. The highest BCUT2D eigenvalue weighted by atomic mass is 16.6. The molecular weight excluding hydrogens is 360 g/mol. The maximum absolute atomic E-state index is 12.6. The second-order valence-electron chi connectivity index (χ2n) is 6.73. The molecule has 148 valence electrons. The van der Waals surface area contributed by atoms with Crippen molar-refractivity contribution in [2.45, 2.75) is 6.54 Å². The van der Waals surface area contributed by atoms with Gasteiger partial charge in [-0.15, -0.1) is 0 Å². The topological polar surface area (TPSA) is 104 Å². The van der Waals surface area contributed by atoms with Crippen molar-refractivity contribution in [3.05, 3.63) is 57.8 Å². The molecule has 1 aromatic carbocycles. The highest BCUT2D eigenvalue weighted by Gasteiger charge is 2.17. The molecule has 0 bridgehead atoms. The fourth-order valence-electron chi connectivity index (χ4n) is 3.11. The van der Waals surface area contributed by atoms with Crippen LogP contribution in [0.5, 0.6) is 0 Å². The number of likely N-dealkylation sites (N-methyl/N-ethyl adjacent to an activating group) is 1. The molecule has 1 fully saturated rings. The molecule has 2 heterocycles. The molecule has 0 aliphatic carbocycles. The normalized spacial score (nSPS) is 14.6. The monoisotopic (exact) mass is 384 g/mol. The standard InChI is InChI=1S/C19H24N6O3/c1-20-17-4-3-15(25(27)28)12-16(17)19(26)22-13-14-5-6-21-18(11-14)24-9-7-23(2)8-10-24/h3-6,11-12,20H,7-10,13H2,1-2H3,(H,22,26). The highest BCUT2D eigenvalue weighted by Crippen LogP contribution is 2.22. The van der Waals surface area contributed by atoms with Crippen molar-refractivity contribution in [2.75, 3.05) is 50.5 Å². The summed E-state index contributed by atoms with van der Waals surface area (Å²) in [5.41, 5.74) is 1.58. The summed E-state index contributed by atoms with van der Waals surface area (Å²) in [5, 5.41) is 16.7. The van der Waals surface area contributed by atoms with E-state index in [4.69, 9.17) is 0 Å². The molecule has 0 saturated carbocycles. The Kier molecular flexibility index (Phi) is 6.05. The predicted molar refractivity (Wildman–Crippen MR) is 108 cm³/mol. The summed E-state index contributed by atoms with van der Waals surface area (Å²) < 4.78 is 0. The van der Waals surface area contributed by atoms with Gasteiger partial charge in [-0.3, -0.25) is 14.9 Å². The van der Waals surface area contributed by atoms with E-state index in [1.54, 1.807) is 13.2 Å². The summed E-state index contributed by atoms with van der Waals surface area (Å²) in [5.74, 6) is 0.525. The van der Waals surface area contributed by atoms with Crippen molar-refractivity contribution >= 4 is 23.1 Å². The van der Waals surface area contributed by atoms with Gasteiger partial charge in [0.05, 0.1) is 10.5 Å². The number of carbonyl (C=O) groups excluding carboxylic acids is 1. The Morgan fingerprint density at radius 3 is 2.64 bits per heavy atom. The van der Waals surface area contributed by atoms with E-state index in [9.17, 15) is 14.9 Å². The maximum atomic E-state index is 12.6. The van der Waals surface area contributed by atoms with Crippen LogP contribution in [0.1, 0.15) is 15.9 Å². The number of carbonyl (C=O) groups is 1. The van der Waals surface area contributed by atoms with E-state index in [2.05, 4.69) is 32.5 Å². The van der Waals surface area contributed by atoms with Crippen LogP contribution in [0, 0.1) is 10.1 Å². The maximum Gasteiger partial charge on any atom is 0.270 e. The molecular formula is C19H24N6O3. The predicted octanol–water partition coefficient (Wildman–Crippen LogP) is 1.71. The Hall–Kier alpha value is -3.20. The quantitative estimate of drug-likeness (QED) is 0.577. The molecule has 0 atom stereocenters. The molecule has 0 radical (unpaired) electrons. The van der Waals surface area contributed by atoms with Gasteiger partial charge >= 0.3 is 0 Å². The number of nitrogens with zero attached hydrogens (tertiary/aromatic N) is 4. The highest BCUT2D eigenvalue weighted by molar-refractivity contribution is 6.00. The third-order valence-corrected chi connectivity index (χ3v) is 4.82. The fourth-order valence-corrected chi connectivity index (χ4v) is 3.11. The van der Waals surface area contributed by atoms with Crippen LogP contribution in [0.15, 0.2) is 36.5 Å². The number of aromatic nitrogens is 1. The minimum absolute atomic E-state index is 0.120. The summed E-state index contributed by atoms with van der Waals surface area (Å²) in [7, 11) is 3.77. The van der Waals surface area contributed by atoms with Crippen LogP contribution in [0.25, 0.3) is 0 Å². The summed E-state index contributed by atoms with van der Waals surface area (Å²) in [6, 6.07) is 8.01. The van der Waals surface area contributed by atoms with Gasteiger partial charge in [-0.05, 0) is 30.8 Å². The average molecular weight is 384 g/mol. The summed E-state index contributed by atoms with van der Waals surface area (Å²) in [4.78, 5) is 32.0. The molecule has 1 aliphatic heterocycles. The van der Waals surface area contributed by atoms with Gasteiger partial charge in [0, 0.05) is 63.8 Å². The first-order valence-electron chi connectivity index (χ1n) is 9.10. The van der Waals surface area contributed by atoms with Crippen molar-refractivity contribution in [3.8, 4) is 0 Å². The van der Waals surface area contributed by atoms with E-state index in [0.29, 0.717) is 12.2 Å². The molecule has 28 heavy (non-hydrogen) atoms. The number of benzene rings is 1. The van der Waals surface area contributed by atoms with Crippen LogP contribution in [-0.4, -0.2) is 61.0 Å². The lowest BCUT2D eigenvalue weighted by atomic mass is 10.1. The number of anilines is 2. The number of nitro benzene ring substituents is 1. The molecule has 1 saturated heterocycles. The van der Waals surface area contributed by atoms with E-state index in [-0.39, 0.29) is 17.2 Å². The lowest BCUT2D eigenvalue weighted by molar-refractivity contribution is -0.384.